The lowest BCUT2D eigenvalue weighted by atomic mass is 10.4. The van der Waals surface area contributed by atoms with Crippen LogP contribution in [0, 0.1) is 0 Å². The molecule has 0 aliphatic carbocycles. The first-order valence-corrected chi connectivity index (χ1v) is 5.35. The molecular formula is C10H25N3. The molecule has 0 saturated heterocycles. The Labute approximate surface area is 82.9 Å². The lowest BCUT2D eigenvalue weighted by Crippen LogP contribution is -2.36. The van der Waals surface area contributed by atoms with E-state index in [4.69, 9.17) is 5.73 Å². The Morgan fingerprint density at radius 2 is 1.69 bits per heavy atom. The van der Waals surface area contributed by atoms with Gasteiger partial charge in [0.25, 0.3) is 0 Å². The van der Waals surface area contributed by atoms with Gasteiger partial charge < -0.3 is 15.5 Å². The van der Waals surface area contributed by atoms with Gasteiger partial charge in [-0.15, -0.1) is 0 Å². The van der Waals surface area contributed by atoms with E-state index >= 15 is 0 Å². The Bertz CT molecular complexity index is 106. The maximum absolute atomic E-state index is 5.51. The Kier molecular flexibility index (Phi) is 8.40. The van der Waals surface area contributed by atoms with E-state index < -0.39 is 0 Å². The zero-order valence-corrected chi connectivity index (χ0v) is 9.42. The smallest absolute Gasteiger partial charge is 0.0110 e. The zero-order valence-electron chi connectivity index (χ0n) is 9.42. The summed E-state index contributed by atoms with van der Waals surface area (Å²) in [4.78, 5) is 4.77. The van der Waals surface area contributed by atoms with Crippen molar-refractivity contribution >= 4 is 0 Å². The summed E-state index contributed by atoms with van der Waals surface area (Å²) in [5.41, 5.74) is 5.51. The van der Waals surface area contributed by atoms with E-state index in [1.54, 1.807) is 0 Å². The van der Waals surface area contributed by atoms with Gasteiger partial charge in [0.1, 0.15) is 0 Å². The van der Waals surface area contributed by atoms with Gasteiger partial charge in [-0.05, 0) is 26.6 Å². The third kappa shape index (κ3) is 6.99. The van der Waals surface area contributed by atoms with E-state index in [2.05, 4.69) is 30.7 Å². The summed E-state index contributed by atoms with van der Waals surface area (Å²) in [7, 11) is 2.18. The van der Waals surface area contributed by atoms with Crippen LogP contribution in [0.5, 0.6) is 0 Å². The summed E-state index contributed by atoms with van der Waals surface area (Å²) in [5.74, 6) is 0. The van der Waals surface area contributed by atoms with Crippen molar-refractivity contribution in [2.45, 2.75) is 20.3 Å². The average Bonchev–Trinajstić information content (AvgIpc) is 2.12. The third-order valence-corrected chi connectivity index (χ3v) is 2.30. The molecule has 3 heteroatoms. The minimum absolute atomic E-state index is 0.769. The molecule has 13 heavy (non-hydrogen) atoms. The molecule has 0 spiro atoms. The maximum atomic E-state index is 5.51. The first-order valence-electron chi connectivity index (χ1n) is 5.35. The monoisotopic (exact) mass is 187 g/mol. The molecule has 2 N–H and O–H groups in total. The number of rotatable bonds is 8. The van der Waals surface area contributed by atoms with Gasteiger partial charge in [0.2, 0.25) is 0 Å². The predicted molar refractivity (Wildman–Crippen MR) is 59.0 cm³/mol. The molecule has 0 fully saturated rings. The standard InChI is InChI=1S/C10H25N3/c1-4-7-12(3)9-10-13(5-2)8-6-11/h4-11H2,1-3H3. The molecule has 0 saturated carbocycles. The van der Waals surface area contributed by atoms with Gasteiger partial charge in [0.05, 0.1) is 0 Å². The Hall–Kier alpha value is -0.120. The highest BCUT2D eigenvalue weighted by Crippen LogP contribution is 1.90. The molecule has 0 aliphatic heterocycles. The first kappa shape index (κ1) is 12.9. The predicted octanol–water partition coefficient (Wildman–Crippen LogP) is 0.609. The molecule has 0 amide bonds. The second kappa shape index (κ2) is 8.48. The van der Waals surface area contributed by atoms with Gasteiger partial charge >= 0.3 is 0 Å². The second-order valence-corrected chi connectivity index (χ2v) is 3.53. The van der Waals surface area contributed by atoms with Crippen LogP contribution in [0.4, 0.5) is 0 Å². The molecule has 0 unspecified atom stereocenters. The molecule has 0 aromatic rings. The summed E-state index contributed by atoms with van der Waals surface area (Å²) in [6, 6.07) is 0. The molecule has 0 heterocycles. The van der Waals surface area contributed by atoms with Crippen LogP contribution in [0.1, 0.15) is 20.3 Å². The van der Waals surface area contributed by atoms with Crippen LogP contribution in [0.3, 0.4) is 0 Å². The molecule has 0 aromatic carbocycles. The lowest BCUT2D eigenvalue weighted by Gasteiger charge is -2.23. The van der Waals surface area contributed by atoms with Crippen LogP contribution < -0.4 is 5.73 Å². The second-order valence-electron chi connectivity index (χ2n) is 3.53. The van der Waals surface area contributed by atoms with Gasteiger partial charge in [-0.3, -0.25) is 0 Å². The van der Waals surface area contributed by atoms with Crippen molar-refractivity contribution in [1.82, 2.24) is 9.80 Å². The van der Waals surface area contributed by atoms with Crippen molar-refractivity contribution < 1.29 is 0 Å². The number of hydrogen-bond acceptors (Lipinski definition) is 3. The SMILES string of the molecule is CCCN(C)CCN(CC)CCN. The van der Waals surface area contributed by atoms with Crippen LogP contribution in [0.15, 0.2) is 0 Å². The van der Waals surface area contributed by atoms with Crippen molar-refractivity contribution in [2.75, 3.05) is 46.3 Å². The van der Waals surface area contributed by atoms with E-state index in [0.717, 1.165) is 32.7 Å². The molecule has 0 rings (SSSR count). The average molecular weight is 187 g/mol. The third-order valence-electron chi connectivity index (χ3n) is 2.30. The van der Waals surface area contributed by atoms with Gasteiger partial charge in [0.15, 0.2) is 0 Å². The molecule has 0 radical (unpaired) electrons. The highest BCUT2D eigenvalue weighted by atomic mass is 15.2. The number of nitrogens with two attached hydrogens (primary N) is 1. The Morgan fingerprint density at radius 1 is 1.00 bits per heavy atom. The van der Waals surface area contributed by atoms with Crippen LogP contribution in [0.2, 0.25) is 0 Å². The molecule has 0 aromatic heterocycles. The van der Waals surface area contributed by atoms with Gasteiger partial charge in [-0.1, -0.05) is 13.8 Å². The van der Waals surface area contributed by atoms with Gasteiger partial charge in [0, 0.05) is 26.2 Å². The van der Waals surface area contributed by atoms with Crippen molar-refractivity contribution in [2.24, 2.45) is 5.73 Å². The van der Waals surface area contributed by atoms with Crippen LogP contribution in [0.25, 0.3) is 0 Å². The summed E-state index contributed by atoms with van der Waals surface area (Å²) < 4.78 is 0. The van der Waals surface area contributed by atoms with Crippen molar-refractivity contribution in [3.05, 3.63) is 0 Å². The van der Waals surface area contributed by atoms with E-state index in [-0.39, 0.29) is 0 Å². The highest BCUT2D eigenvalue weighted by Gasteiger charge is 2.02. The molecular weight excluding hydrogens is 162 g/mol. The molecule has 0 atom stereocenters. The lowest BCUT2D eigenvalue weighted by molar-refractivity contribution is 0.237. The molecule has 0 aliphatic rings. The summed E-state index contributed by atoms with van der Waals surface area (Å²) in [6.45, 7) is 10.8. The maximum Gasteiger partial charge on any atom is 0.0110 e. The van der Waals surface area contributed by atoms with Crippen LogP contribution in [-0.2, 0) is 0 Å². The summed E-state index contributed by atoms with van der Waals surface area (Å²) in [5, 5.41) is 0. The van der Waals surface area contributed by atoms with Gasteiger partial charge in [-0.25, -0.2) is 0 Å². The van der Waals surface area contributed by atoms with Gasteiger partial charge in [-0.2, -0.15) is 0 Å². The van der Waals surface area contributed by atoms with E-state index in [0.29, 0.717) is 0 Å². The van der Waals surface area contributed by atoms with Crippen LogP contribution in [-0.4, -0.2) is 56.1 Å². The zero-order chi connectivity index (χ0) is 10.1. The van der Waals surface area contributed by atoms with Crippen molar-refractivity contribution in [3.63, 3.8) is 0 Å². The molecule has 0 bridgehead atoms. The number of nitrogens with zero attached hydrogens (tertiary/aromatic N) is 2. The topological polar surface area (TPSA) is 32.5 Å². The van der Waals surface area contributed by atoms with Crippen molar-refractivity contribution in [1.29, 1.82) is 0 Å². The fourth-order valence-corrected chi connectivity index (χ4v) is 1.42. The largest absolute Gasteiger partial charge is 0.329 e. The minimum atomic E-state index is 0.769. The fraction of sp³-hybridized carbons (Fsp3) is 1.00. The van der Waals surface area contributed by atoms with E-state index in [9.17, 15) is 0 Å². The number of likely N-dealkylation sites (N-methyl/N-ethyl adjacent to an activating group) is 2. The Balaban J connectivity index is 3.46. The highest BCUT2D eigenvalue weighted by molar-refractivity contribution is 4.59. The molecule has 80 valence electrons. The van der Waals surface area contributed by atoms with Crippen molar-refractivity contribution in [3.8, 4) is 0 Å². The first-order chi connectivity index (χ1) is 6.24. The number of hydrogen-bond donors (Lipinski definition) is 1. The molecule has 3 nitrogen and oxygen atoms in total. The van der Waals surface area contributed by atoms with E-state index in [1.807, 2.05) is 0 Å². The van der Waals surface area contributed by atoms with E-state index in [1.165, 1.54) is 13.0 Å². The van der Waals surface area contributed by atoms with Crippen LogP contribution >= 0.6 is 0 Å². The summed E-state index contributed by atoms with van der Waals surface area (Å²) >= 11 is 0. The quantitative estimate of drug-likeness (QED) is 0.604. The fourth-order valence-electron chi connectivity index (χ4n) is 1.42. The summed E-state index contributed by atoms with van der Waals surface area (Å²) in [6.07, 6.45) is 1.24. The minimum Gasteiger partial charge on any atom is -0.329 e. The normalized spacial score (nSPS) is 11.5. The Morgan fingerprint density at radius 3 is 2.15 bits per heavy atom.